The highest BCUT2D eigenvalue weighted by Crippen LogP contribution is 2.37. The predicted octanol–water partition coefficient (Wildman–Crippen LogP) is 7.73. The van der Waals surface area contributed by atoms with E-state index in [0.717, 1.165) is 14.9 Å². The van der Waals surface area contributed by atoms with Crippen molar-refractivity contribution < 1.29 is 14.4 Å². The Kier molecular flexibility index (Phi) is 10.4. The smallest absolute Gasteiger partial charge is 0.272 e. The molecule has 0 saturated heterocycles. The van der Waals surface area contributed by atoms with Crippen molar-refractivity contribution >= 4 is 62.9 Å². The normalized spacial score (nSPS) is 11.7. The third-order valence-corrected chi connectivity index (χ3v) is 8.14. The molecule has 0 spiro atoms. The van der Waals surface area contributed by atoms with Gasteiger partial charge in [-0.3, -0.25) is 19.4 Å². The Morgan fingerprint density at radius 2 is 1.36 bits per heavy atom. The van der Waals surface area contributed by atoms with Crippen LogP contribution in [-0.4, -0.2) is 22.7 Å². The first-order valence-electron chi connectivity index (χ1n) is 13.6. The highest BCUT2D eigenvalue weighted by Gasteiger charge is 2.22. The minimum Gasteiger partial charge on any atom is -0.325 e. The fourth-order valence-corrected chi connectivity index (χ4v) is 5.45. The molecule has 9 heteroatoms. The number of anilines is 2. The third kappa shape index (κ3) is 8.53. The fourth-order valence-electron chi connectivity index (χ4n) is 4.16. The summed E-state index contributed by atoms with van der Waals surface area (Å²) in [6, 6.07) is 36.4. The molecule has 1 unspecified atom stereocenters. The monoisotopic (exact) mass is 662 g/mol. The van der Waals surface area contributed by atoms with Gasteiger partial charge in [0, 0.05) is 38.7 Å². The second kappa shape index (κ2) is 15.0. The van der Waals surface area contributed by atoms with Gasteiger partial charge in [0.25, 0.3) is 11.8 Å². The van der Waals surface area contributed by atoms with E-state index in [9.17, 15) is 14.4 Å². The molecule has 0 bridgehead atoms. The van der Waals surface area contributed by atoms with E-state index in [1.807, 2.05) is 72.8 Å². The van der Waals surface area contributed by atoms with Crippen molar-refractivity contribution in [3.8, 4) is 0 Å². The maximum Gasteiger partial charge on any atom is 0.272 e. The van der Waals surface area contributed by atoms with E-state index in [1.165, 1.54) is 11.8 Å². The zero-order valence-electron chi connectivity index (χ0n) is 23.3. The van der Waals surface area contributed by atoms with Gasteiger partial charge in [0.2, 0.25) is 5.91 Å². The number of pyridine rings is 1. The maximum atomic E-state index is 13.4. The van der Waals surface area contributed by atoms with Gasteiger partial charge >= 0.3 is 0 Å². The van der Waals surface area contributed by atoms with Crippen LogP contribution in [0.4, 0.5) is 11.4 Å². The topological polar surface area (TPSA) is 100 Å². The Morgan fingerprint density at radius 3 is 2.02 bits per heavy atom. The molecule has 1 aromatic heterocycles. The first-order chi connectivity index (χ1) is 21.4. The largest absolute Gasteiger partial charge is 0.325 e. The molecule has 5 aromatic rings. The summed E-state index contributed by atoms with van der Waals surface area (Å²) < 4.78 is 0.926. The second-order valence-electron chi connectivity index (χ2n) is 9.55. The van der Waals surface area contributed by atoms with Crippen LogP contribution >= 0.6 is 27.7 Å². The molecule has 5 rings (SSSR count). The van der Waals surface area contributed by atoms with E-state index in [0.29, 0.717) is 22.5 Å². The zero-order valence-corrected chi connectivity index (χ0v) is 25.7. The van der Waals surface area contributed by atoms with Crippen LogP contribution in [0.5, 0.6) is 0 Å². The molecule has 218 valence electrons. The Balaban J connectivity index is 1.31. The molecule has 0 fully saturated rings. The number of benzene rings is 4. The fraction of sp³-hybridized carbons (Fsp3) is 0.0286. The Labute approximate surface area is 268 Å². The van der Waals surface area contributed by atoms with E-state index in [1.54, 1.807) is 67.0 Å². The number of halogens is 1. The number of hydrogen-bond acceptors (Lipinski definition) is 5. The molecular formula is C35H27BrN4O3S. The van der Waals surface area contributed by atoms with Gasteiger partial charge in [0.1, 0.15) is 10.9 Å². The number of rotatable bonds is 10. The van der Waals surface area contributed by atoms with Crippen molar-refractivity contribution in [1.29, 1.82) is 0 Å². The van der Waals surface area contributed by atoms with Crippen molar-refractivity contribution in [2.45, 2.75) is 10.1 Å². The molecule has 0 aliphatic carbocycles. The number of hydrogen-bond donors (Lipinski definition) is 3. The number of carbonyl (C=O) groups is 3. The SMILES string of the molecule is O=C(Nc1ccc(SC(C(=O)Nc2ccc(Br)cc2)c2ccccc2)cc1)/C(=C/c1cccnc1)NC(=O)c1ccccc1. The number of carbonyl (C=O) groups excluding carboxylic acids is 3. The summed E-state index contributed by atoms with van der Waals surface area (Å²) in [6.07, 6.45) is 4.80. The molecule has 0 aliphatic rings. The number of amides is 3. The summed E-state index contributed by atoms with van der Waals surface area (Å²) in [5.41, 5.74) is 3.25. The van der Waals surface area contributed by atoms with Crippen LogP contribution < -0.4 is 16.0 Å². The molecule has 1 atom stereocenters. The summed E-state index contributed by atoms with van der Waals surface area (Å²) in [5.74, 6) is -1.05. The number of thioether (sulfide) groups is 1. The molecular weight excluding hydrogens is 636 g/mol. The molecule has 3 amide bonds. The summed E-state index contributed by atoms with van der Waals surface area (Å²) in [7, 11) is 0. The van der Waals surface area contributed by atoms with Gasteiger partial charge < -0.3 is 16.0 Å². The molecule has 4 aromatic carbocycles. The van der Waals surface area contributed by atoms with E-state index in [-0.39, 0.29) is 11.6 Å². The highest BCUT2D eigenvalue weighted by molar-refractivity contribution is 9.10. The lowest BCUT2D eigenvalue weighted by Gasteiger charge is -2.17. The maximum absolute atomic E-state index is 13.4. The van der Waals surface area contributed by atoms with Gasteiger partial charge in [-0.1, -0.05) is 70.5 Å². The molecule has 0 saturated carbocycles. The lowest BCUT2D eigenvalue weighted by Crippen LogP contribution is -2.30. The van der Waals surface area contributed by atoms with E-state index in [4.69, 9.17) is 0 Å². The van der Waals surface area contributed by atoms with Crippen molar-refractivity contribution in [2.75, 3.05) is 10.6 Å². The molecule has 44 heavy (non-hydrogen) atoms. The Morgan fingerprint density at radius 1 is 0.727 bits per heavy atom. The first kappa shape index (κ1) is 30.5. The average Bonchev–Trinajstić information content (AvgIpc) is 3.06. The second-order valence-corrected chi connectivity index (χ2v) is 11.6. The van der Waals surface area contributed by atoms with Crippen LogP contribution in [0.2, 0.25) is 0 Å². The van der Waals surface area contributed by atoms with Crippen molar-refractivity contribution in [3.05, 3.63) is 161 Å². The van der Waals surface area contributed by atoms with E-state index < -0.39 is 17.1 Å². The lowest BCUT2D eigenvalue weighted by atomic mass is 10.1. The van der Waals surface area contributed by atoms with Crippen LogP contribution in [-0.2, 0) is 9.59 Å². The number of aromatic nitrogens is 1. The van der Waals surface area contributed by atoms with Crippen LogP contribution in [0.25, 0.3) is 6.08 Å². The van der Waals surface area contributed by atoms with E-state index in [2.05, 4.69) is 36.9 Å². The third-order valence-electron chi connectivity index (χ3n) is 6.34. The molecule has 3 N–H and O–H groups in total. The van der Waals surface area contributed by atoms with Gasteiger partial charge in [-0.25, -0.2) is 0 Å². The molecule has 0 radical (unpaired) electrons. The Hall–Kier alpha value is -4.99. The van der Waals surface area contributed by atoms with Gasteiger partial charge in [0.15, 0.2) is 0 Å². The minimum absolute atomic E-state index is 0.0686. The molecule has 0 aliphatic heterocycles. The molecule has 1 heterocycles. The van der Waals surface area contributed by atoms with Crippen molar-refractivity contribution in [3.63, 3.8) is 0 Å². The van der Waals surface area contributed by atoms with Gasteiger partial charge in [0.05, 0.1) is 0 Å². The molecule has 7 nitrogen and oxygen atoms in total. The zero-order chi connectivity index (χ0) is 30.7. The van der Waals surface area contributed by atoms with Crippen molar-refractivity contribution in [1.82, 2.24) is 10.3 Å². The van der Waals surface area contributed by atoms with Crippen LogP contribution in [0.3, 0.4) is 0 Å². The quantitative estimate of drug-likeness (QED) is 0.105. The average molecular weight is 664 g/mol. The Bertz CT molecular complexity index is 1750. The summed E-state index contributed by atoms with van der Waals surface area (Å²) in [6.45, 7) is 0. The van der Waals surface area contributed by atoms with E-state index >= 15 is 0 Å². The summed E-state index contributed by atoms with van der Waals surface area (Å²) in [4.78, 5) is 44.5. The van der Waals surface area contributed by atoms with Gasteiger partial charge in [-0.2, -0.15) is 0 Å². The standard InChI is InChI=1S/C35H27BrN4O3S/c36-27-13-15-28(16-14-27)39-35(43)32(25-9-3-1-4-10-25)44-30-19-17-29(18-20-30)38-34(42)31(22-24-8-7-21-37-23-24)40-33(41)26-11-5-2-6-12-26/h1-23,32H,(H,38,42)(H,39,43)(H,40,41)/b31-22-. The minimum atomic E-state index is -0.512. The van der Waals surface area contributed by atoms with Crippen molar-refractivity contribution in [2.24, 2.45) is 0 Å². The summed E-state index contributed by atoms with van der Waals surface area (Å²) in [5, 5.41) is 8.07. The van der Waals surface area contributed by atoms with Gasteiger partial charge in [-0.15, -0.1) is 11.8 Å². The number of nitrogens with one attached hydrogen (secondary N) is 3. The van der Waals surface area contributed by atoms with Crippen LogP contribution in [0, 0.1) is 0 Å². The van der Waals surface area contributed by atoms with Crippen LogP contribution in [0.15, 0.2) is 149 Å². The van der Waals surface area contributed by atoms with Gasteiger partial charge in [-0.05, 0) is 83.9 Å². The lowest BCUT2D eigenvalue weighted by molar-refractivity contribution is -0.116. The highest BCUT2D eigenvalue weighted by atomic mass is 79.9. The summed E-state index contributed by atoms with van der Waals surface area (Å²) >= 11 is 4.82. The first-order valence-corrected chi connectivity index (χ1v) is 15.3. The predicted molar refractivity (Wildman–Crippen MR) is 179 cm³/mol. The number of nitrogens with zero attached hydrogens (tertiary/aromatic N) is 1. The van der Waals surface area contributed by atoms with Crippen LogP contribution in [0.1, 0.15) is 26.7 Å².